The van der Waals surface area contributed by atoms with E-state index >= 15 is 0 Å². The molecule has 0 amide bonds. The average Bonchev–Trinajstić information content (AvgIpc) is 2.94. The Labute approximate surface area is 229 Å². The molecule has 0 aliphatic heterocycles. The van der Waals surface area contributed by atoms with Gasteiger partial charge < -0.3 is 5.11 Å². The van der Waals surface area contributed by atoms with E-state index in [4.69, 9.17) is 0 Å². The standard InChI is InChI=1S/C31H31N3O4S/c1-4-6-14-28-33-30(35)29(31(36)34(28)27(5-2)24-12-9-11-22(19-24)20-32)39(37,38)25-17-15-23(16-18-25)26-13-8-7-10-21(26)3/h7-13,15-19,27,35H,4-6,14H2,1-3H3. The van der Waals surface area contributed by atoms with Crippen LogP contribution in [0.5, 0.6) is 5.88 Å². The molecule has 4 aromatic rings. The van der Waals surface area contributed by atoms with E-state index in [1.807, 2.05) is 45.0 Å². The zero-order chi connectivity index (χ0) is 28.2. The maximum Gasteiger partial charge on any atom is 0.277 e. The quantitative estimate of drug-likeness (QED) is 0.279. The molecule has 39 heavy (non-hydrogen) atoms. The molecule has 1 atom stereocenters. The molecule has 1 unspecified atom stereocenters. The van der Waals surface area contributed by atoms with Gasteiger partial charge in [-0.2, -0.15) is 10.2 Å². The van der Waals surface area contributed by atoms with Crippen LogP contribution in [0.2, 0.25) is 0 Å². The molecule has 0 bridgehead atoms. The normalized spacial score (nSPS) is 12.2. The maximum absolute atomic E-state index is 14.0. The monoisotopic (exact) mass is 541 g/mol. The van der Waals surface area contributed by atoms with E-state index in [2.05, 4.69) is 11.1 Å². The number of rotatable bonds is 9. The Bertz CT molecular complexity index is 1700. The Morgan fingerprint density at radius 3 is 2.38 bits per heavy atom. The maximum atomic E-state index is 14.0. The van der Waals surface area contributed by atoms with Gasteiger partial charge in [0.15, 0.2) is 4.90 Å². The molecule has 8 heteroatoms. The molecular weight excluding hydrogens is 510 g/mol. The van der Waals surface area contributed by atoms with Crippen LogP contribution in [0.15, 0.2) is 87.4 Å². The van der Waals surface area contributed by atoms with Crippen molar-refractivity contribution in [2.45, 2.75) is 62.3 Å². The summed E-state index contributed by atoms with van der Waals surface area (Å²) in [6.45, 7) is 5.85. The molecule has 7 nitrogen and oxygen atoms in total. The Kier molecular flexibility index (Phi) is 8.32. The van der Waals surface area contributed by atoms with Crippen LogP contribution < -0.4 is 5.56 Å². The third-order valence-electron chi connectivity index (χ3n) is 6.87. The Morgan fingerprint density at radius 2 is 1.74 bits per heavy atom. The van der Waals surface area contributed by atoms with Crippen LogP contribution in [-0.2, 0) is 16.3 Å². The number of sulfone groups is 1. The van der Waals surface area contributed by atoms with Crippen molar-refractivity contribution in [3.05, 3.63) is 106 Å². The van der Waals surface area contributed by atoms with Crippen molar-refractivity contribution in [1.82, 2.24) is 9.55 Å². The molecule has 3 aromatic carbocycles. The summed E-state index contributed by atoms with van der Waals surface area (Å²) in [5.74, 6) is -0.492. The minimum absolute atomic E-state index is 0.110. The summed E-state index contributed by atoms with van der Waals surface area (Å²) in [6, 6.07) is 22.5. The van der Waals surface area contributed by atoms with Gasteiger partial charge in [0.25, 0.3) is 5.56 Å². The highest BCUT2D eigenvalue weighted by Crippen LogP contribution is 2.31. The van der Waals surface area contributed by atoms with Gasteiger partial charge >= 0.3 is 0 Å². The molecule has 0 radical (unpaired) electrons. The van der Waals surface area contributed by atoms with Crippen molar-refractivity contribution in [2.24, 2.45) is 0 Å². The number of unbranched alkanes of at least 4 members (excludes halogenated alkanes) is 1. The minimum Gasteiger partial charge on any atom is -0.492 e. The van der Waals surface area contributed by atoms with Crippen LogP contribution in [0.3, 0.4) is 0 Å². The van der Waals surface area contributed by atoms with Gasteiger partial charge in [-0.05, 0) is 66.3 Å². The summed E-state index contributed by atoms with van der Waals surface area (Å²) in [7, 11) is -4.40. The Hall–Kier alpha value is -4.22. The van der Waals surface area contributed by atoms with E-state index < -0.39 is 32.2 Å². The first-order valence-corrected chi connectivity index (χ1v) is 14.5. The first-order chi connectivity index (χ1) is 18.7. The fourth-order valence-electron chi connectivity index (χ4n) is 4.83. The van der Waals surface area contributed by atoms with Gasteiger partial charge in [0, 0.05) is 6.42 Å². The fraction of sp³-hybridized carbons (Fsp3) is 0.258. The largest absolute Gasteiger partial charge is 0.492 e. The zero-order valence-electron chi connectivity index (χ0n) is 22.3. The molecule has 1 aromatic heterocycles. The number of aromatic nitrogens is 2. The molecule has 0 spiro atoms. The highest BCUT2D eigenvalue weighted by atomic mass is 32.2. The van der Waals surface area contributed by atoms with Gasteiger partial charge in [-0.15, -0.1) is 0 Å². The summed E-state index contributed by atoms with van der Waals surface area (Å²) in [5, 5.41) is 20.2. The number of hydrogen-bond acceptors (Lipinski definition) is 6. The lowest BCUT2D eigenvalue weighted by Crippen LogP contribution is -2.33. The first kappa shape index (κ1) is 27.8. The zero-order valence-corrected chi connectivity index (χ0v) is 23.1. The highest BCUT2D eigenvalue weighted by molar-refractivity contribution is 7.91. The first-order valence-electron chi connectivity index (χ1n) is 13.0. The molecular formula is C31H31N3O4S. The summed E-state index contributed by atoms with van der Waals surface area (Å²) in [6.07, 6.45) is 2.36. The SMILES string of the molecule is CCCCc1nc(O)c(S(=O)(=O)c2ccc(-c3ccccc3C)cc2)c(=O)n1C(CC)c1cccc(C#N)c1. The second kappa shape index (κ2) is 11.7. The smallest absolute Gasteiger partial charge is 0.277 e. The minimum atomic E-state index is -4.40. The third kappa shape index (κ3) is 5.50. The van der Waals surface area contributed by atoms with Gasteiger partial charge in [0.1, 0.15) is 5.82 Å². The van der Waals surface area contributed by atoms with Crippen LogP contribution in [0.25, 0.3) is 11.1 Å². The van der Waals surface area contributed by atoms with Gasteiger partial charge in [-0.1, -0.05) is 68.8 Å². The van der Waals surface area contributed by atoms with Crippen LogP contribution in [0.1, 0.15) is 61.7 Å². The molecule has 0 aliphatic carbocycles. The van der Waals surface area contributed by atoms with E-state index in [1.165, 1.54) is 16.7 Å². The molecule has 0 saturated heterocycles. The van der Waals surface area contributed by atoms with Crippen LogP contribution in [0.4, 0.5) is 0 Å². The Morgan fingerprint density at radius 1 is 1.03 bits per heavy atom. The molecule has 4 rings (SSSR count). The number of nitrogens with zero attached hydrogens (tertiary/aromatic N) is 3. The fourth-order valence-corrected chi connectivity index (χ4v) is 6.17. The number of benzene rings is 3. The van der Waals surface area contributed by atoms with E-state index in [9.17, 15) is 23.6 Å². The van der Waals surface area contributed by atoms with Crippen LogP contribution >= 0.6 is 0 Å². The van der Waals surface area contributed by atoms with Crippen molar-refractivity contribution >= 4 is 9.84 Å². The summed E-state index contributed by atoms with van der Waals surface area (Å²) >= 11 is 0. The predicted octanol–water partition coefficient (Wildman–Crippen LogP) is 5.97. The van der Waals surface area contributed by atoms with Gasteiger partial charge in [0.2, 0.25) is 15.7 Å². The van der Waals surface area contributed by atoms with Gasteiger partial charge in [-0.25, -0.2) is 8.42 Å². The van der Waals surface area contributed by atoms with Crippen LogP contribution in [0, 0.1) is 18.3 Å². The predicted molar refractivity (Wildman–Crippen MR) is 150 cm³/mol. The topological polar surface area (TPSA) is 113 Å². The van der Waals surface area contributed by atoms with Crippen molar-refractivity contribution in [2.75, 3.05) is 0 Å². The van der Waals surface area contributed by atoms with E-state index in [0.717, 1.165) is 23.1 Å². The van der Waals surface area contributed by atoms with E-state index in [0.29, 0.717) is 36.2 Å². The lowest BCUT2D eigenvalue weighted by molar-refractivity contribution is 0.406. The average molecular weight is 542 g/mol. The molecule has 0 fully saturated rings. The second-order valence-corrected chi connectivity index (χ2v) is 11.4. The Balaban J connectivity index is 1.88. The summed E-state index contributed by atoms with van der Waals surface area (Å²) in [4.78, 5) is 17.4. The molecule has 0 aliphatic rings. The van der Waals surface area contributed by atoms with E-state index in [1.54, 1.807) is 36.4 Å². The summed E-state index contributed by atoms with van der Waals surface area (Å²) < 4.78 is 28.9. The van der Waals surface area contributed by atoms with Crippen molar-refractivity contribution in [1.29, 1.82) is 5.26 Å². The molecule has 0 saturated carbocycles. The third-order valence-corrected chi connectivity index (χ3v) is 8.66. The lowest BCUT2D eigenvalue weighted by Gasteiger charge is -2.23. The number of nitriles is 1. The number of hydrogen-bond donors (Lipinski definition) is 1. The molecule has 1 N–H and O–H groups in total. The van der Waals surface area contributed by atoms with Gasteiger partial charge in [-0.3, -0.25) is 9.36 Å². The van der Waals surface area contributed by atoms with Crippen molar-refractivity contribution in [3.63, 3.8) is 0 Å². The van der Waals surface area contributed by atoms with Crippen LogP contribution in [-0.4, -0.2) is 23.1 Å². The highest BCUT2D eigenvalue weighted by Gasteiger charge is 2.31. The second-order valence-electron chi connectivity index (χ2n) is 9.46. The lowest BCUT2D eigenvalue weighted by atomic mass is 10.0. The van der Waals surface area contributed by atoms with Crippen molar-refractivity contribution in [3.8, 4) is 23.1 Å². The molecule has 200 valence electrons. The van der Waals surface area contributed by atoms with Crippen molar-refractivity contribution < 1.29 is 13.5 Å². The molecule has 1 heterocycles. The number of aryl methyl sites for hydroxylation is 2. The summed E-state index contributed by atoms with van der Waals surface area (Å²) in [5.41, 5.74) is 3.15. The van der Waals surface area contributed by atoms with Gasteiger partial charge in [0.05, 0.1) is 22.6 Å². The number of aromatic hydroxyl groups is 1. The van der Waals surface area contributed by atoms with E-state index in [-0.39, 0.29) is 4.90 Å².